The maximum Gasteiger partial charge on any atom is 0.272 e. The van der Waals surface area contributed by atoms with E-state index in [1.54, 1.807) is 7.05 Å². The molecule has 0 aliphatic heterocycles. The number of alkyl halides is 1. The second kappa shape index (κ2) is 8.42. The van der Waals surface area contributed by atoms with Crippen LogP contribution >= 0.6 is 34.8 Å². The Morgan fingerprint density at radius 3 is 2.93 bits per heavy atom. The number of nitrogens with zero attached hydrogens (tertiary/aromatic N) is 1. The molecule has 0 saturated heterocycles. The van der Waals surface area contributed by atoms with Crippen LogP contribution in [0, 0.1) is 0 Å². The van der Waals surface area contributed by atoms with E-state index in [4.69, 9.17) is 39.5 Å². The van der Waals surface area contributed by atoms with Gasteiger partial charge >= 0.3 is 0 Å². The number of fused-ring (bicyclic) bond motifs is 2. The third-order valence-corrected chi connectivity index (χ3v) is 6.20. The number of benzene rings is 2. The zero-order chi connectivity index (χ0) is 20.5. The lowest BCUT2D eigenvalue weighted by atomic mass is 9.78. The summed E-state index contributed by atoms with van der Waals surface area (Å²) in [6.07, 6.45) is 2.84. The standard InChI is InChI=1S/C21H20Cl3N3O2/c1-25-21(28)19-15-9-11(5-6-17(15)26-27-19)12-3-2-4-13-14(12)10-16(23)20(18(13)24)29-8-7-22/h5-6,9-10,12H,2-4,7-8H2,1H3,(H,25,28)(H,26,27). The van der Waals surface area contributed by atoms with Crippen LogP contribution in [0.25, 0.3) is 10.9 Å². The fraction of sp³-hybridized carbons (Fsp3) is 0.333. The van der Waals surface area contributed by atoms with Crippen molar-refractivity contribution in [3.8, 4) is 5.75 Å². The number of hydrogen-bond donors (Lipinski definition) is 2. The Bertz CT molecular complexity index is 1080. The van der Waals surface area contributed by atoms with Crippen molar-refractivity contribution in [3.63, 3.8) is 0 Å². The summed E-state index contributed by atoms with van der Waals surface area (Å²) in [5.41, 5.74) is 4.49. The van der Waals surface area contributed by atoms with E-state index < -0.39 is 0 Å². The molecule has 1 aliphatic carbocycles. The molecule has 1 unspecified atom stereocenters. The molecule has 1 aliphatic rings. The van der Waals surface area contributed by atoms with Crippen LogP contribution in [0.2, 0.25) is 10.0 Å². The summed E-state index contributed by atoms with van der Waals surface area (Å²) in [6, 6.07) is 8.01. The number of H-pyrrole nitrogens is 1. The van der Waals surface area contributed by atoms with Crippen LogP contribution < -0.4 is 10.1 Å². The topological polar surface area (TPSA) is 67.0 Å². The molecule has 3 aromatic rings. The molecule has 0 saturated carbocycles. The third-order valence-electron chi connectivity index (χ3n) is 5.36. The molecule has 29 heavy (non-hydrogen) atoms. The molecule has 152 valence electrons. The normalized spacial score (nSPS) is 15.9. The molecular weight excluding hydrogens is 433 g/mol. The van der Waals surface area contributed by atoms with Gasteiger partial charge in [0, 0.05) is 18.4 Å². The van der Waals surface area contributed by atoms with Crippen molar-refractivity contribution in [2.45, 2.75) is 25.2 Å². The summed E-state index contributed by atoms with van der Waals surface area (Å²) in [4.78, 5) is 12.1. The molecule has 2 aromatic carbocycles. The quantitative estimate of drug-likeness (QED) is 0.515. The minimum Gasteiger partial charge on any atom is -0.489 e. The summed E-state index contributed by atoms with van der Waals surface area (Å²) in [7, 11) is 1.60. The number of nitrogens with one attached hydrogen (secondary N) is 2. The number of ether oxygens (including phenoxy) is 1. The van der Waals surface area contributed by atoms with Gasteiger partial charge in [-0.2, -0.15) is 5.10 Å². The fourth-order valence-electron chi connectivity index (χ4n) is 4.02. The van der Waals surface area contributed by atoms with Gasteiger partial charge in [0.05, 0.1) is 21.4 Å². The zero-order valence-electron chi connectivity index (χ0n) is 15.8. The largest absolute Gasteiger partial charge is 0.489 e. The van der Waals surface area contributed by atoms with E-state index in [0.717, 1.165) is 46.9 Å². The number of carbonyl (C=O) groups is 1. The van der Waals surface area contributed by atoms with Crippen LogP contribution in [-0.2, 0) is 6.42 Å². The Balaban J connectivity index is 1.79. The van der Waals surface area contributed by atoms with Gasteiger partial charge in [-0.25, -0.2) is 0 Å². The first kappa shape index (κ1) is 20.3. The van der Waals surface area contributed by atoms with E-state index in [1.807, 2.05) is 18.2 Å². The summed E-state index contributed by atoms with van der Waals surface area (Å²) < 4.78 is 5.67. The van der Waals surface area contributed by atoms with E-state index in [2.05, 4.69) is 21.6 Å². The lowest BCUT2D eigenvalue weighted by Crippen LogP contribution is -2.18. The molecule has 0 fully saturated rings. The first-order chi connectivity index (χ1) is 14.0. The van der Waals surface area contributed by atoms with Gasteiger partial charge in [0.1, 0.15) is 6.61 Å². The molecule has 4 rings (SSSR count). The van der Waals surface area contributed by atoms with Gasteiger partial charge in [0.15, 0.2) is 11.4 Å². The average Bonchev–Trinajstić information content (AvgIpc) is 3.16. The van der Waals surface area contributed by atoms with Crippen LogP contribution in [0.1, 0.15) is 45.9 Å². The molecule has 1 amide bonds. The second-order valence-electron chi connectivity index (χ2n) is 7.01. The Hall–Kier alpha value is -1.95. The number of aromatic nitrogens is 2. The number of amides is 1. The minimum absolute atomic E-state index is 0.132. The maximum atomic E-state index is 12.1. The Morgan fingerprint density at radius 1 is 1.34 bits per heavy atom. The maximum absolute atomic E-state index is 12.1. The van der Waals surface area contributed by atoms with Gasteiger partial charge in [0.25, 0.3) is 5.91 Å². The number of carbonyl (C=O) groups excluding carboxylic acids is 1. The molecule has 1 aromatic heterocycles. The molecule has 1 heterocycles. The van der Waals surface area contributed by atoms with Crippen molar-refractivity contribution in [1.29, 1.82) is 0 Å². The van der Waals surface area contributed by atoms with Crippen molar-refractivity contribution in [1.82, 2.24) is 15.5 Å². The number of hydrogen-bond acceptors (Lipinski definition) is 3. The predicted octanol–water partition coefficient (Wildman–Crippen LogP) is 5.32. The summed E-state index contributed by atoms with van der Waals surface area (Å²) in [6.45, 7) is 0.350. The van der Waals surface area contributed by atoms with Gasteiger partial charge < -0.3 is 10.1 Å². The predicted molar refractivity (Wildman–Crippen MR) is 117 cm³/mol. The molecule has 0 spiro atoms. The number of halogens is 3. The molecular formula is C21H20Cl3N3O2. The third kappa shape index (κ3) is 3.67. The molecule has 0 radical (unpaired) electrons. The Morgan fingerprint density at radius 2 is 2.17 bits per heavy atom. The van der Waals surface area contributed by atoms with Gasteiger partial charge in [0.2, 0.25) is 0 Å². The lowest BCUT2D eigenvalue weighted by molar-refractivity contribution is 0.0959. The van der Waals surface area contributed by atoms with Crippen molar-refractivity contribution in [3.05, 3.63) is 56.7 Å². The summed E-state index contributed by atoms with van der Waals surface area (Å²) in [5.74, 6) is 0.781. The van der Waals surface area contributed by atoms with E-state index in [-0.39, 0.29) is 11.8 Å². The SMILES string of the molecule is CNC(=O)c1n[nH]c2ccc(C3CCCc4c3cc(Cl)c(OCCCl)c4Cl)cc12. The van der Waals surface area contributed by atoms with E-state index >= 15 is 0 Å². The van der Waals surface area contributed by atoms with E-state index in [0.29, 0.717) is 34.0 Å². The van der Waals surface area contributed by atoms with Crippen LogP contribution in [0.4, 0.5) is 0 Å². The average molecular weight is 453 g/mol. The Kier molecular flexibility index (Phi) is 5.91. The molecule has 0 bridgehead atoms. The van der Waals surface area contributed by atoms with Crippen LogP contribution in [0.15, 0.2) is 24.3 Å². The molecule has 8 heteroatoms. The first-order valence-corrected chi connectivity index (χ1v) is 10.7. The molecule has 5 nitrogen and oxygen atoms in total. The van der Waals surface area contributed by atoms with Crippen molar-refractivity contribution >= 4 is 51.6 Å². The van der Waals surface area contributed by atoms with Gasteiger partial charge in [-0.05, 0) is 54.2 Å². The smallest absolute Gasteiger partial charge is 0.272 e. The van der Waals surface area contributed by atoms with Gasteiger partial charge in [-0.1, -0.05) is 29.3 Å². The monoisotopic (exact) mass is 451 g/mol. The number of aromatic amines is 1. The molecule has 1 atom stereocenters. The highest BCUT2D eigenvalue weighted by atomic mass is 35.5. The number of rotatable bonds is 5. The van der Waals surface area contributed by atoms with Crippen molar-refractivity contribution in [2.75, 3.05) is 19.5 Å². The highest BCUT2D eigenvalue weighted by Crippen LogP contribution is 2.46. The van der Waals surface area contributed by atoms with Crippen molar-refractivity contribution < 1.29 is 9.53 Å². The van der Waals surface area contributed by atoms with Crippen molar-refractivity contribution in [2.24, 2.45) is 0 Å². The van der Waals surface area contributed by atoms with Gasteiger partial charge in [-0.3, -0.25) is 9.89 Å². The van der Waals surface area contributed by atoms with Crippen LogP contribution in [-0.4, -0.2) is 35.6 Å². The summed E-state index contributed by atoms with van der Waals surface area (Å²) in [5, 5.41) is 11.6. The van der Waals surface area contributed by atoms with E-state index in [1.165, 1.54) is 0 Å². The van der Waals surface area contributed by atoms with Gasteiger partial charge in [-0.15, -0.1) is 11.6 Å². The van der Waals surface area contributed by atoms with Crippen LogP contribution in [0.5, 0.6) is 5.75 Å². The zero-order valence-corrected chi connectivity index (χ0v) is 18.1. The van der Waals surface area contributed by atoms with Crippen LogP contribution in [0.3, 0.4) is 0 Å². The highest BCUT2D eigenvalue weighted by molar-refractivity contribution is 6.37. The first-order valence-electron chi connectivity index (χ1n) is 9.44. The lowest BCUT2D eigenvalue weighted by Gasteiger charge is -2.28. The summed E-state index contributed by atoms with van der Waals surface area (Å²) >= 11 is 18.9. The highest BCUT2D eigenvalue weighted by Gasteiger charge is 2.28. The minimum atomic E-state index is -0.218. The second-order valence-corrected chi connectivity index (χ2v) is 8.17. The molecule has 2 N–H and O–H groups in total. The van der Waals surface area contributed by atoms with E-state index in [9.17, 15) is 4.79 Å². The fourth-order valence-corrected chi connectivity index (χ4v) is 4.77. The Labute approximate surface area is 183 Å².